The van der Waals surface area contributed by atoms with E-state index in [4.69, 9.17) is 4.42 Å². The number of H-pyrrole nitrogens is 1. The maximum atomic E-state index is 12.4. The van der Waals surface area contributed by atoms with E-state index in [9.17, 15) is 9.90 Å². The number of furan rings is 1. The third kappa shape index (κ3) is 2.02. The summed E-state index contributed by atoms with van der Waals surface area (Å²) < 4.78 is 7.01. The number of anilines is 2. The molecule has 0 bridgehead atoms. The number of phenols is 1. The molecule has 26 heavy (non-hydrogen) atoms. The van der Waals surface area contributed by atoms with E-state index >= 15 is 0 Å². The normalized spacial score (nSPS) is 15.2. The molecule has 10 nitrogen and oxygen atoms in total. The van der Waals surface area contributed by atoms with Gasteiger partial charge in [-0.3, -0.25) is 4.79 Å². The fourth-order valence-corrected chi connectivity index (χ4v) is 3.14. The Balaban J connectivity index is 1.85. The average Bonchev–Trinajstić information content (AvgIpc) is 3.32. The number of nitrogens with zero attached hydrogens (tertiary/aromatic N) is 5. The minimum absolute atomic E-state index is 0.0922. The number of aromatic nitrogens is 6. The van der Waals surface area contributed by atoms with Crippen LogP contribution in [0.2, 0.25) is 0 Å². The number of phenolic OH excluding ortho intramolecular Hbond substituents is 1. The second-order valence-corrected chi connectivity index (χ2v) is 5.74. The molecule has 0 radical (unpaired) electrons. The highest BCUT2D eigenvalue weighted by molar-refractivity contribution is 5.73. The summed E-state index contributed by atoms with van der Waals surface area (Å²) in [5.41, 5.74) is 1.57. The third-order valence-electron chi connectivity index (χ3n) is 4.21. The molecule has 0 spiro atoms. The van der Waals surface area contributed by atoms with Crippen LogP contribution in [0.5, 0.6) is 5.75 Å². The molecule has 4 aromatic rings. The molecular formula is C16H11N7O3. The van der Waals surface area contributed by atoms with Gasteiger partial charge in [0.15, 0.2) is 5.76 Å². The van der Waals surface area contributed by atoms with Gasteiger partial charge in [0, 0.05) is 5.56 Å². The lowest BCUT2D eigenvalue weighted by atomic mass is 9.94. The monoisotopic (exact) mass is 349 g/mol. The van der Waals surface area contributed by atoms with Gasteiger partial charge in [0.05, 0.1) is 6.26 Å². The van der Waals surface area contributed by atoms with E-state index < -0.39 is 11.6 Å². The molecule has 3 aromatic heterocycles. The number of hydrogen-bond acceptors (Lipinski definition) is 8. The number of aromatic hydroxyl groups is 1. The van der Waals surface area contributed by atoms with E-state index in [1.807, 2.05) is 6.07 Å². The highest BCUT2D eigenvalue weighted by Crippen LogP contribution is 2.41. The van der Waals surface area contributed by atoms with Crippen LogP contribution in [0.4, 0.5) is 11.6 Å². The van der Waals surface area contributed by atoms with Gasteiger partial charge >= 0.3 is 0 Å². The van der Waals surface area contributed by atoms with Gasteiger partial charge in [0.2, 0.25) is 5.95 Å². The van der Waals surface area contributed by atoms with Crippen molar-refractivity contribution in [1.82, 2.24) is 30.4 Å². The molecule has 128 valence electrons. The van der Waals surface area contributed by atoms with Gasteiger partial charge in [-0.15, -0.1) is 0 Å². The Morgan fingerprint density at radius 2 is 2.15 bits per heavy atom. The first-order valence-electron chi connectivity index (χ1n) is 7.72. The Hall–Kier alpha value is -3.95. The van der Waals surface area contributed by atoms with Crippen LogP contribution in [-0.2, 0) is 0 Å². The van der Waals surface area contributed by atoms with E-state index in [-0.39, 0.29) is 11.4 Å². The number of benzene rings is 1. The van der Waals surface area contributed by atoms with Crippen LogP contribution in [0.3, 0.4) is 0 Å². The first-order chi connectivity index (χ1) is 12.7. The van der Waals surface area contributed by atoms with E-state index in [0.29, 0.717) is 28.5 Å². The fraction of sp³-hybridized carbons (Fsp3) is 0.0625. The zero-order chi connectivity index (χ0) is 17.7. The Bertz CT molecular complexity index is 1160. The summed E-state index contributed by atoms with van der Waals surface area (Å²) in [4.78, 5) is 12.4. The second-order valence-electron chi connectivity index (χ2n) is 5.74. The topological polar surface area (TPSA) is 135 Å². The smallest absolute Gasteiger partial charge is 0.288 e. The zero-order valence-electron chi connectivity index (χ0n) is 13.1. The lowest BCUT2D eigenvalue weighted by Crippen LogP contribution is -2.29. The summed E-state index contributed by atoms with van der Waals surface area (Å²) in [7, 11) is 0. The molecule has 5 rings (SSSR count). The predicted octanol–water partition coefficient (Wildman–Crippen LogP) is 1.42. The molecule has 1 atom stereocenters. The number of tetrazole rings is 1. The van der Waals surface area contributed by atoms with E-state index in [0.717, 1.165) is 0 Å². The lowest BCUT2D eigenvalue weighted by Gasteiger charge is -2.27. The van der Waals surface area contributed by atoms with Crippen molar-refractivity contribution < 1.29 is 9.52 Å². The van der Waals surface area contributed by atoms with Crippen molar-refractivity contribution in [3.05, 3.63) is 64.1 Å². The molecule has 0 saturated carbocycles. The van der Waals surface area contributed by atoms with Crippen LogP contribution in [0.15, 0.2) is 51.9 Å². The van der Waals surface area contributed by atoms with Crippen molar-refractivity contribution in [3.8, 4) is 17.2 Å². The maximum Gasteiger partial charge on any atom is 0.288 e. The van der Waals surface area contributed by atoms with Crippen molar-refractivity contribution in [2.24, 2.45) is 0 Å². The standard InChI is InChI=1S/C16H11N7O3/c24-9-4-1-3-8(7-9)14-11-12(10-5-2-6-26-10)18-19-15(25)13(11)17-16-20-21-22-23(14)16/h1-7,14,24H,(H,19,25)(H,17,20,22)/t14-/m1/s1. The van der Waals surface area contributed by atoms with Crippen LogP contribution >= 0.6 is 0 Å². The van der Waals surface area contributed by atoms with E-state index in [1.54, 1.807) is 30.3 Å². The highest BCUT2D eigenvalue weighted by atomic mass is 16.3. The molecule has 0 amide bonds. The van der Waals surface area contributed by atoms with Crippen molar-refractivity contribution >= 4 is 11.6 Å². The summed E-state index contributed by atoms with van der Waals surface area (Å²) >= 11 is 0. The summed E-state index contributed by atoms with van der Waals surface area (Å²) in [5.74, 6) is 0.892. The van der Waals surface area contributed by atoms with Crippen LogP contribution in [0.1, 0.15) is 17.2 Å². The van der Waals surface area contributed by atoms with Crippen molar-refractivity contribution in [1.29, 1.82) is 0 Å². The van der Waals surface area contributed by atoms with Crippen molar-refractivity contribution in [2.45, 2.75) is 6.04 Å². The van der Waals surface area contributed by atoms with E-state index in [1.165, 1.54) is 10.9 Å². The maximum absolute atomic E-state index is 12.4. The third-order valence-corrected chi connectivity index (χ3v) is 4.21. The molecule has 4 heterocycles. The van der Waals surface area contributed by atoms with Crippen LogP contribution < -0.4 is 10.9 Å². The fourth-order valence-electron chi connectivity index (χ4n) is 3.14. The largest absolute Gasteiger partial charge is 0.508 e. The molecular weight excluding hydrogens is 338 g/mol. The molecule has 3 N–H and O–H groups in total. The Kier molecular flexibility index (Phi) is 2.92. The Morgan fingerprint density at radius 3 is 2.96 bits per heavy atom. The van der Waals surface area contributed by atoms with Gasteiger partial charge in [-0.25, -0.2) is 5.10 Å². The minimum atomic E-state index is -0.571. The second kappa shape index (κ2) is 5.28. The zero-order valence-corrected chi connectivity index (χ0v) is 13.1. The van der Waals surface area contributed by atoms with E-state index in [2.05, 4.69) is 31.0 Å². The summed E-state index contributed by atoms with van der Waals surface area (Å²) in [5, 5.41) is 31.1. The van der Waals surface area contributed by atoms with Gasteiger partial charge < -0.3 is 14.8 Å². The molecule has 0 saturated heterocycles. The Morgan fingerprint density at radius 1 is 1.23 bits per heavy atom. The molecule has 0 unspecified atom stereocenters. The molecule has 1 aliphatic heterocycles. The molecule has 0 aliphatic carbocycles. The first-order valence-corrected chi connectivity index (χ1v) is 7.72. The van der Waals surface area contributed by atoms with Gasteiger partial charge in [-0.05, 0) is 40.3 Å². The number of hydrogen-bond donors (Lipinski definition) is 3. The quantitative estimate of drug-likeness (QED) is 0.435. The van der Waals surface area contributed by atoms with Gasteiger partial charge in [-0.2, -0.15) is 9.78 Å². The molecule has 0 fully saturated rings. The van der Waals surface area contributed by atoms with Gasteiger partial charge in [-0.1, -0.05) is 17.2 Å². The first kappa shape index (κ1) is 14.4. The van der Waals surface area contributed by atoms with Gasteiger partial charge in [0.1, 0.15) is 23.2 Å². The highest BCUT2D eigenvalue weighted by Gasteiger charge is 2.35. The van der Waals surface area contributed by atoms with Gasteiger partial charge in [0.25, 0.3) is 5.56 Å². The number of fused-ring (bicyclic) bond motifs is 2. The molecule has 1 aliphatic rings. The lowest BCUT2D eigenvalue weighted by molar-refractivity contribution is 0.472. The van der Waals surface area contributed by atoms with Crippen molar-refractivity contribution in [3.63, 3.8) is 0 Å². The number of aromatic amines is 1. The summed E-state index contributed by atoms with van der Waals surface area (Å²) in [6.45, 7) is 0. The molecule has 1 aromatic carbocycles. The SMILES string of the molecule is O=c1[nH]nc(-c2ccco2)c2c1Nc1nnnn1[C@@H]2c1cccc(O)c1. The van der Waals surface area contributed by atoms with Crippen LogP contribution in [0.25, 0.3) is 11.5 Å². The van der Waals surface area contributed by atoms with Crippen LogP contribution in [-0.4, -0.2) is 35.5 Å². The minimum Gasteiger partial charge on any atom is -0.508 e. The van der Waals surface area contributed by atoms with Crippen molar-refractivity contribution in [2.75, 3.05) is 5.32 Å². The summed E-state index contributed by atoms with van der Waals surface area (Å²) in [6.07, 6.45) is 1.52. The number of rotatable bonds is 2. The predicted molar refractivity (Wildman–Crippen MR) is 89.0 cm³/mol. The average molecular weight is 349 g/mol. The van der Waals surface area contributed by atoms with Crippen LogP contribution in [0, 0.1) is 0 Å². The Labute approximate surface area is 145 Å². The summed E-state index contributed by atoms with van der Waals surface area (Å²) in [6, 6.07) is 9.60. The molecule has 10 heteroatoms. The number of nitrogens with one attached hydrogen (secondary N) is 2.